The van der Waals surface area contributed by atoms with Gasteiger partial charge in [-0.05, 0) is 12.3 Å². The van der Waals surface area contributed by atoms with E-state index in [1.165, 1.54) is 0 Å². The Morgan fingerprint density at radius 2 is 2.09 bits per heavy atom. The first kappa shape index (κ1) is 10.2. The molecule has 66 valence electrons. The SMILES string of the molecule is CCCC(O[N+](=O)[O-])C(C)C. The molecule has 0 bridgehead atoms. The first-order valence-corrected chi connectivity index (χ1v) is 3.89. The molecule has 11 heavy (non-hydrogen) atoms. The van der Waals surface area contributed by atoms with E-state index < -0.39 is 5.09 Å². The minimum Gasteiger partial charge on any atom is -0.310 e. The lowest BCUT2D eigenvalue weighted by Crippen LogP contribution is -2.22. The summed E-state index contributed by atoms with van der Waals surface area (Å²) in [4.78, 5) is 14.4. The van der Waals surface area contributed by atoms with Crippen LogP contribution < -0.4 is 0 Å². The summed E-state index contributed by atoms with van der Waals surface area (Å²) in [7, 11) is 0. The van der Waals surface area contributed by atoms with E-state index in [4.69, 9.17) is 0 Å². The quantitative estimate of drug-likeness (QED) is 0.458. The number of rotatable bonds is 5. The Kier molecular flexibility index (Phi) is 4.57. The van der Waals surface area contributed by atoms with Gasteiger partial charge >= 0.3 is 0 Å². The molecule has 1 unspecified atom stereocenters. The summed E-state index contributed by atoms with van der Waals surface area (Å²) >= 11 is 0. The van der Waals surface area contributed by atoms with E-state index in [1.54, 1.807) is 0 Å². The van der Waals surface area contributed by atoms with Crippen molar-refractivity contribution in [3.8, 4) is 0 Å². The van der Waals surface area contributed by atoms with Gasteiger partial charge in [0, 0.05) is 0 Å². The molecular weight excluding hydrogens is 146 g/mol. The molecule has 0 aliphatic carbocycles. The van der Waals surface area contributed by atoms with Crippen LogP contribution in [0, 0.1) is 16.0 Å². The fourth-order valence-corrected chi connectivity index (χ4v) is 0.903. The Morgan fingerprint density at radius 1 is 1.55 bits per heavy atom. The van der Waals surface area contributed by atoms with Crippen LogP contribution in [0.5, 0.6) is 0 Å². The van der Waals surface area contributed by atoms with Gasteiger partial charge < -0.3 is 4.84 Å². The van der Waals surface area contributed by atoms with Gasteiger partial charge in [0.05, 0.1) is 0 Å². The van der Waals surface area contributed by atoms with Crippen LogP contribution in [0.2, 0.25) is 0 Å². The van der Waals surface area contributed by atoms with E-state index in [1.807, 2.05) is 20.8 Å². The van der Waals surface area contributed by atoms with Crippen LogP contribution in [0.1, 0.15) is 33.6 Å². The number of hydrogen-bond donors (Lipinski definition) is 0. The Balaban J connectivity index is 3.79. The van der Waals surface area contributed by atoms with Crippen LogP contribution in [-0.2, 0) is 4.84 Å². The summed E-state index contributed by atoms with van der Waals surface area (Å²) in [6.07, 6.45) is 1.42. The van der Waals surface area contributed by atoms with Gasteiger partial charge in [-0.25, -0.2) is 0 Å². The molecule has 0 amide bonds. The van der Waals surface area contributed by atoms with Crippen LogP contribution in [0.15, 0.2) is 0 Å². The third-order valence-corrected chi connectivity index (χ3v) is 1.54. The molecule has 0 saturated heterocycles. The average molecular weight is 161 g/mol. The van der Waals surface area contributed by atoms with Crippen molar-refractivity contribution in [2.45, 2.75) is 39.7 Å². The summed E-state index contributed by atoms with van der Waals surface area (Å²) in [5.41, 5.74) is 0. The van der Waals surface area contributed by atoms with Gasteiger partial charge in [-0.1, -0.05) is 27.2 Å². The minimum atomic E-state index is -0.708. The smallest absolute Gasteiger partial charge is 0.294 e. The van der Waals surface area contributed by atoms with Crippen molar-refractivity contribution in [1.29, 1.82) is 0 Å². The maximum absolute atomic E-state index is 9.97. The van der Waals surface area contributed by atoms with Crippen LogP contribution in [0.25, 0.3) is 0 Å². The van der Waals surface area contributed by atoms with Crippen molar-refractivity contribution in [3.63, 3.8) is 0 Å². The molecule has 0 N–H and O–H groups in total. The third kappa shape index (κ3) is 4.58. The van der Waals surface area contributed by atoms with Gasteiger partial charge in [0.2, 0.25) is 0 Å². The molecular formula is C7H15NO3. The zero-order valence-corrected chi connectivity index (χ0v) is 7.24. The summed E-state index contributed by atoms with van der Waals surface area (Å²) in [6, 6.07) is 0. The molecule has 0 aromatic heterocycles. The van der Waals surface area contributed by atoms with Crippen molar-refractivity contribution in [3.05, 3.63) is 10.1 Å². The molecule has 0 rings (SSSR count). The molecule has 0 fully saturated rings. The van der Waals surface area contributed by atoms with E-state index in [0.717, 1.165) is 12.8 Å². The van der Waals surface area contributed by atoms with Crippen molar-refractivity contribution in [1.82, 2.24) is 0 Å². The zero-order valence-electron chi connectivity index (χ0n) is 7.24. The largest absolute Gasteiger partial charge is 0.310 e. The Morgan fingerprint density at radius 3 is 2.36 bits per heavy atom. The second-order valence-corrected chi connectivity index (χ2v) is 2.90. The van der Waals surface area contributed by atoms with E-state index >= 15 is 0 Å². The molecule has 0 heterocycles. The Labute approximate surface area is 66.6 Å². The summed E-state index contributed by atoms with van der Waals surface area (Å²) in [5, 5.41) is 9.26. The first-order valence-electron chi connectivity index (χ1n) is 3.89. The lowest BCUT2D eigenvalue weighted by atomic mass is 10.0. The van der Waals surface area contributed by atoms with Crippen molar-refractivity contribution >= 4 is 0 Å². The van der Waals surface area contributed by atoms with E-state index in [2.05, 4.69) is 4.84 Å². The summed E-state index contributed by atoms with van der Waals surface area (Å²) < 4.78 is 0. The van der Waals surface area contributed by atoms with E-state index in [0.29, 0.717) is 0 Å². The molecule has 0 aromatic rings. The highest BCUT2D eigenvalue weighted by Gasteiger charge is 2.15. The maximum atomic E-state index is 9.97. The molecule has 0 aromatic carbocycles. The van der Waals surface area contributed by atoms with Gasteiger partial charge in [-0.3, -0.25) is 0 Å². The third-order valence-electron chi connectivity index (χ3n) is 1.54. The standard InChI is InChI=1S/C7H15NO3/c1-4-5-7(6(2)3)11-8(9)10/h6-7H,4-5H2,1-3H3. The minimum absolute atomic E-state index is 0.209. The second kappa shape index (κ2) is 4.93. The fourth-order valence-electron chi connectivity index (χ4n) is 0.903. The summed E-state index contributed by atoms with van der Waals surface area (Å²) in [5.74, 6) is 0.209. The lowest BCUT2D eigenvalue weighted by molar-refractivity contribution is -0.770. The first-order chi connectivity index (χ1) is 5.07. The highest BCUT2D eigenvalue weighted by molar-refractivity contribution is 4.58. The van der Waals surface area contributed by atoms with E-state index in [9.17, 15) is 10.1 Å². The highest BCUT2D eigenvalue weighted by atomic mass is 17.0. The number of nitrogens with zero attached hydrogens (tertiary/aromatic N) is 1. The van der Waals surface area contributed by atoms with Gasteiger partial charge in [-0.15, -0.1) is 10.1 Å². The molecule has 4 heteroatoms. The second-order valence-electron chi connectivity index (χ2n) is 2.90. The van der Waals surface area contributed by atoms with Crippen molar-refractivity contribution < 1.29 is 9.92 Å². The monoisotopic (exact) mass is 161 g/mol. The molecule has 0 saturated carbocycles. The van der Waals surface area contributed by atoms with Crippen molar-refractivity contribution in [2.75, 3.05) is 0 Å². The molecule has 0 radical (unpaired) electrons. The molecule has 0 spiro atoms. The lowest BCUT2D eigenvalue weighted by Gasteiger charge is -2.16. The topological polar surface area (TPSA) is 52.4 Å². The van der Waals surface area contributed by atoms with Gasteiger partial charge in [0.1, 0.15) is 6.10 Å². The van der Waals surface area contributed by atoms with E-state index in [-0.39, 0.29) is 12.0 Å². The van der Waals surface area contributed by atoms with Crippen LogP contribution in [0.3, 0.4) is 0 Å². The Hall–Kier alpha value is -0.800. The van der Waals surface area contributed by atoms with Crippen LogP contribution in [-0.4, -0.2) is 11.2 Å². The molecule has 0 aliphatic heterocycles. The predicted molar refractivity (Wildman–Crippen MR) is 41.6 cm³/mol. The Bertz CT molecular complexity index is 125. The number of hydrogen-bond acceptors (Lipinski definition) is 3. The molecule has 0 aliphatic rings. The fraction of sp³-hybridized carbons (Fsp3) is 1.00. The highest BCUT2D eigenvalue weighted by Crippen LogP contribution is 2.12. The van der Waals surface area contributed by atoms with Gasteiger partial charge in [0.15, 0.2) is 0 Å². The zero-order chi connectivity index (χ0) is 8.85. The predicted octanol–water partition coefficient (Wildman–Crippen LogP) is 2.02. The molecule has 1 atom stereocenters. The molecule has 4 nitrogen and oxygen atoms in total. The average Bonchev–Trinajstić information content (AvgIpc) is 1.86. The summed E-state index contributed by atoms with van der Waals surface area (Å²) in [6.45, 7) is 5.83. The normalized spacial score (nSPS) is 13.1. The van der Waals surface area contributed by atoms with Crippen LogP contribution >= 0.6 is 0 Å². The van der Waals surface area contributed by atoms with Gasteiger partial charge in [-0.2, -0.15) is 0 Å². The van der Waals surface area contributed by atoms with Crippen LogP contribution in [0.4, 0.5) is 0 Å². The maximum Gasteiger partial charge on any atom is 0.294 e. The van der Waals surface area contributed by atoms with Gasteiger partial charge in [0.25, 0.3) is 5.09 Å². The van der Waals surface area contributed by atoms with Crippen molar-refractivity contribution in [2.24, 2.45) is 5.92 Å².